The SMILES string of the molecule is CN1C(=O)CC[C@H](C(=O)Nc2ccsc2Cl)[C@H]1c1ccccc1. The summed E-state index contributed by atoms with van der Waals surface area (Å²) in [5.41, 5.74) is 1.60. The third-order valence-corrected chi connectivity index (χ3v) is 5.38. The number of piperidine rings is 1. The van der Waals surface area contributed by atoms with Gasteiger partial charge in [-0.05, 0) is 23.4 Å². The lowest BCUT2D eigenvalue weighted by Crippen LogP contribution is -2.44. The lowest BCUT2D eigenvalue weighted by Gasteiger charge is -2.38. The van der Waals surface area contributed by atoms with Crippen LogP contribution < -0.4 is 5.32 Å². The van der Waals surface area contributed by atoms with Crippen LogP contribution in [-0.2, 0) is 9.59 Å². The predicted molar refractivity (Wildman–Crippen MR) is 92.6 cm³/mol. The first-order chi connectivity index (χ1) is 11.1. The number of nitrogens with one attached hydrogen (secondary N) is 1. The van der Waals surface area contributed by atoms with E-state index in [4.69, 9.17) is 11.6 Å². The van der Waals surface area contributed by atoms with Gasteiger partial charge in [-0.3, -0.25) is 9.59 Å². The minimum atomic E-state index is -0.295. The van der Waals surface area contributed by atoms with Gasteiger partial charge in [-0.25, -0.2) is 0 Å². The standard InChI is InChI=1S/C17H17ClN2O2S/c1-20-14(21)8-7-12(15(20)11-5-3-2-4-6-11)17(22)19-13-9-10-23-16(13)18/h2-6,9-10,12,15H,7-8H2,1H3,(H,19,22)/t12-,15+/m0/s1. The number of nitrogens with zero attached hydrogens (tertiary/aromatic N) is 1. The highest BCUT2D eigenvalue weighted by Gasteiger charge is 2.38. The summed E-state index contributed by atoms with van der Waals surface area (Å²) in [6.07, 6.45) is 0.922. The third-order valence-electron chi connectivity index (χ3n) is 4.21. The Balaban J connectivity index is 1.87. The lowest BCUT2D eigenvalue weighted by atomic mass is 9.84. The summed E-state index contributed by atoms with van der Waals surface area (Å²) in [7, 11) is 1.76. The number of rotatable bonds is 3. The molecule has 1 aromatic carbocycles. The Morgan fingerprint density at radius 1 is 1.30 bits per heavy atom. The number of amides is 2. The van der Waals surface area contributed by atoms with E-state index in [0.29, 0.717) is 22.9 Å². The molecule has 2 heterocycles. The summed E-state index contributed by atoms with van der Waals surface area (Å²) in [5, 5.41) is 4.73. The van der Waals surface area contributed by atoms with E-state index in [1.54, 1.807) is 18.0 Å². The Bertz CT molecular complexity index is 716. The number of thiophene rings is 1. The van der Waals surface area contributed by atoms with Gasteiger partial charge in [0.1, 0.15) is 4.34 Å². The van der Waals surface area contributed by atoms with Gasteiger partial charge in [0, 0.05) is 13.5 Å². The van der Waals surface area contributed by atoms with E-state index in [1.165, 1.54) is 11.3 Å². The van der Waals surface area contributed by atoms with Crippen molar-refractivity contribution in [3.05, 3.63) is 51.7 Å². The number of halogens is 1. The summed E-state index contributed by atoms with van der Waals surface area (Å²) >= 11 is 7.44. The predicted octanol–water partition coefficient (Wildman–Crippen LogP) is 3.95. The van der Waals surface area contributed by atoms with Gasteiger partial charge in [-0.15, -0.1) is 11.3 Å². The molecule has 6 heteroatoms. The van der Waals surface area contributed by atoms with Gasteiger partial charge in [0.2, 0.25) is 11.8 Å². The summed E-state index contributed by atoms with van der Waals surface area (Å²) < 4.78 is 0.565. The van der Waals surface area contributed by atoms with Crippen molar-refractivity contribution in [1.82, 2.24) is 4.90 Å². The van der Waals surface area contributed by atoms with E-state index in [1.807, 2.05) is 35.7 Å². The number of carbonyl (C=O) groups is 2. The summed E-state index contributed by atoms with van der Waals surface area (Å²) in [6.45, 7) is 0. The number of anilines is 1. The number of carbonyl (C=O) groups excluding carboxylic acids is 2. The van der Waals surface area contributed by atoms with Gasteiger partial charge in [-0.2, -0.15) is 0 Å². The Morgan fingerprint density at radius 2 is 2.04 bits per heavy atom. The molecule has 0 radical (unpaired) electrons. The highest BCUT2D eigenvalue weighted by Crippen LogP contribution is 2.37. The highest BCUT2D eigenvalue weighted by atomic mass is 35.5. The molecule has 3 rings (SSSR count). The van der Waals surface area contributed by atoms with E-state index in [0.717, 1.165) is 5.56 Å². The fourth-order valence-corrected chi connectivity index (χ4v) is 3.86. The van der Waals surface area contributed by atoms with Gasteiger partial charge in [0.15, 0.2) is 0 Å². The molecule has 2 amide bonds. The van der Waals surface area contributed by atoms with E-state index in [-0.39, 0.29) is 23.8 Å². The molecule has 1 aliphatic rings. The molecule has 120 valence electrons. The Hall–Kier alpha value is -1.85. The Kier molecular flexibility index (Phi) is 4.68. The molecule has 0 bridgehead atoms. The molecular weight excluding hydrogens is 332 g/mol. The third kappa shape index (κ3) is 3.26. The molecule has 0 spiro atoms. The van der Waals surface area contributed by atoms with E-state index < -0.39 is 0 Å². The zero-order valence-electron chi connectivity index (χ0n) is 12.7. The summed E-state index contributed by atoms with van der Waals surface area (Å²) in [6, 6.07) is 11.2. The quantitative estimate of drug-likeness (QED) is 0.913. The van der Waals surface area contributed by atoms with Crippen LogP contribution in [0.2, 0.25) is 4.34 Å². The number of hydrogen-bond acceptors (Lipinski definition) is 3. The molecule has 4 nitrogen and oxygen atoms in total. The molecule has 2 atom stereocenters. The van der Waals surface area contributed by atoms with Crippen molar-refractivity contribution in [3.63, 3.8) is 0 Å². The second-order valence-corrected chi connectivity index (χ2v) is 7.12. The van der Waals surface area contributed by atoms with Gasteiger partial charge in [-0.1, -0.05) is 41.9 Å². The van der Waals surface area contributed by atoms with Gasteiger partial charge in [0.25, 0.3) is 0 Å². The molecule has 1 fully saturated rings. The Morgan fingerprint density at radius 3 is 2.70 bits per heavy atom. The minimum absolute atomic E-state index is 0.0662. The number of likely N-dealkylation sites (tertiary alicyclic amines) is 1. The first-order valence-corrected chi connectivity index (χ1v) is 8.68. The van der Waals surface area contributed by atoms with Gasteiger partial charge in [0.05, 0.1) is 17.6 Å². The molecule has 1 aromatic heterocycles. The smallest absolute Gasteiger partial charge is 0.229 e. The Labute approximate surface area is 144 Å². The molecular formula is C17H17ClN2O2S. The fraction of sp³-hybridized carbons (Fsp3) is 0.294. The van der Waals surface area contributed by atoms with Crippen LogP contribution in [-0.4, -0.2) is 23.8 Å². The van der Waals surface area contributed by atoms with Crippen molar-refractivity contribution < 1.29 is 9.59 Å². The maximum atomic E-state index is 12.8. The number of benzene rings is 1. The van der Waals surface area contributed by atoms with E-state index in [2.05, 4.69) is 5.32 Å². The average Bonchev–Trinajstić information content (AvgIpc) is 2.95. The van der Waals surface area contributed by atoms with Crippen LogP contribution >= 0.6 is 22.9 Å². The largest absolute Gasteiger partial charge is 0.338 e. The molecule has 23 heavy (non-hydrogen) atoms. The molecule has 0 saturated carbocycles. The van der Waals surface area contributed by atoms with Crippen LogP contribution in [0.3, 0.4) is 0 Å². The number of hydrogen-bond donors (Lipinski definition) is 1. The van der Waals surface area contributed by atoms with Crippen LogP contribution in [0.1, 0.15) is 24.4 Å². The van der Waals surface area contributed by atoms with E-state index >= 15 is 0 Å². The van der Waals surface area contributed by atoms with Gasteiger partial charge >= 0.3 is 0 Å². The first kappa shape index (κ1) is 16.0. The fourth-order valence-electron chi connectivity index (χ4n) is 3.03. The summed E-state index contributed by atoms with van der Waals surface area (Å²) in [5.74, 6) is -0.328. The molecule has 1 N–H and O–H groups in total. The minimum Gasteiger partial charge on any atom is -0.338 e. The van der Waals surface area contributed by atoms with Crippen molar-refractivity contribution in [2.45, 2.75) is 18.9 Å². The molecule has 0 aliphatic carbocycles. The summed E-state index contributed by atoms with van der Waals surface area (Å²) in [4.78, 5) is 26.5. The van der Waals surface area contributed by atoms with Crippen LogP contribution in [0.4, 0.5) is 5.69 Å². The first-order valence-electron chi connectivity index (χ1n) is 7.42. The van der Waals surface area contributed by atoms with Crippen molar-refractivity contribution in [3.8, 4) is 0 Å². The monoisotopic (exact) mass is 348 g/mol. The zero-order chi connectivity index (χ0) is 16.4. The average molecular weight is 349 g/mol. The maximum Gasteiger partial charge on any atom is 0.229 e. The van der Waals surface area contributed by atoms with E-state index in [9.17, 15) is 9.59 Å². The maximum absolute atomic E-state index is 12.8. The second kappa shape index (κ2) is 6.72. The van der Waals surface area contributed by atoms with Crippen LogP contribution in [0.25, 0.3) is 0 Å². The van der Waals surface area contributed by atoms with Crippen LogP contribution in [0.15, 0.2) is 41.8 Å². The van der Waals surface area contributed by atoms with Crippen LogP contribution in [0.5, 0.6) is 0 Å². The van der Waals surface area contributed by atoms with Crippen molar-refractivity contribution in [1.29, 1.82) is 0 Å². The zero-order valence-corrected chi connectivity index (χ0v) is 14.2. The highest BCUT2D eigenvalue weighted by molar-refractivity contribution is 7.15. The van der Waals surface area contributed by atoms with Crippen molar-refractivity contribution in [2.24, 2.45) is 5.92 Å². The molecule has 1 aliphatic heterocycles. The topological polar surface area (TPSA) is 49.4 Å². The normalized spacial score (nSPS) is 21.3. The molecule has 0 unspecified atom stereocenters. The van der Waals surface area contributed by atoms with Crippen LogP contribution in [0, 0.1) is 5.92 Å². The second-order valence-electron chi connectivity index (χ2n) is 5.60. The lowest BCUT2D eigenvalue weighted by molar-refractivity contribution is -0.140. The van der Waals surface area contributed by atoms with Crippen molar-refractivity contribution in [2.75, 3.05) is 12.4 Å². The van der Waals surface area contributed by atoms with Gasteiger partial charge < -0.3 is 10.2 Å². The van der Waals surface area contributed by atoms with Crippen molar-refractivity contribution >= 4 is 40.4 Å². The molecule has 2 aromatic rings. The molecule has 1 saturated heterocycles.